The van der Waals surface area contributed by atoms with Crippen molar-refractivity contribution in [1.82, 2.24) is 4.90 Å². The van der Waals surface area contributed by atoms with Gasteiger partial charge in [-0.3, -0.25) is 0 Å². The SMILES string of the molecule is CC1CCN(C(=O)OCC2CCC2)CC1. The van der Waals surface area contributed by atoms with E-state index in [1.807, 2.05) is 4.90 Å². The summed E-state index contributed by atoms with van der Waals surface area (Å²) in [5.41, 5.74) is 0. The number of carbonyl (C=O) groups excluding carboxylic acids is 1. The van der Waals surface area contributed by atoms with Crippen LogP contribution in [0.5, 0.6) is 0 Å². The van der Waals surface area contributed by atoms with Gasteiger partial charge in [-0.25, -0.2) is 4.79 Å². The number of carbonyl (C=O) groups is 1. The van der Waals surface area contributed by atoms with Crippen LogP contribution in [-0.2, 0) is 4.74 Å². The molecule has 1 aliphatic heterocycles. The molecule has 2 rings (SSSR count). The van der Waals surface area contributed by atoms with Gasteiger partial charge in [0, 0.05) is 13.1 Å². The molecule has 0 radical (unpaired) electrons. The van der Waals surface area contributed by atoms with Crippen LogP contribution in [0.4, 0.5) is 4.79 Å². The first-order chi connectivity index (χ1) is 7.25. The minimum atomic E-state index is -0.0891. The number of hydrogen-bond acceptors (Lipinski definition) is 2. The molecule has 0 bridgehead atoms. The fourth-order valence-electron chi connectivity index (χ4n) is 2.13. The maximum absolute atomic E-state index is 11.7. The Morgan fingerprint density at radius 3 is 2.47 bits per heavy atom. The number of ether oxygens (including phenoxy) is 1. The van der Waals surface area contributed by atoms with Crippen molar-refractivity contribution in [2.75, 3.05) is 19.7 Å². The molecule has 1 aliphatic carbocycles. The van der Waals surface area contributed by atoms with Gasteiger partial charge < -0.3 is 9.64 Å². The van der Waals surface area contributed by atoms with Gasteiger partial charge >= 0.3 is 6.09 Å². The largest absolute Gasteiger partial charge is 0.449 e. The molecule has 2 aliphatic rings. The molecule has 1 saturated carbocycles. The zero-order valence-electron chi connectivity index (χ0n) is 9.58. The van der Waals surface area contributed by atoms with Crippen molar-refractivity contribution in [2.45, 2.75) is 39.0 Å². The van der Waals surface area contributed by atoms with Crippen LogP contribution in [0.1, 0.15) is 39.0 Å². The van der Waals surface area contributed by atoms with Gasteiger partial charge in [0.05, 0.1) is 6.61 Å². The van der Waals surface area contributed by atoms with Gasteiger partial charge in [0.2, 0.25) is 0 Å². The lowest BCUT2D eigenvalue weighted by molar-refractivity contribution is 0.0630. The Hall–Kier alpha value is -0.730. The molecule has 1 saturated heterocycles. The Bertz CT molecular complexity index is 218. The normalized spacial score (nSPS) is 23.7. The molecule has 1 heterocycles. The van der Waals surface area contributed by atoms with Gasteiger partial charge in [-0.15, -0.1) is 0 Å². The molecule has 0 atom stereocenters. The van der Waals surface area contributed by atoms with Crippen molar-refractivity contribution in [1.29, 1.82) is 0 Å². The maximum Gasteiger partial charge on any atom is 0.409 e. The molecule has 2 fully saturated rings. The third-order valence-electron chi connectivity index (χ3n) is 3.71. The summed E-state index contributed by atoms with van der Waals surface area (Å²) in [6.07, 6.45) is 5.95. The quantitative estimate of drug-likeness (QED) is 0.702. The van der Waals surface area contributed by atoms with Crippen LogP contribution in [0, 0.1) is 11.8 Å². The van der Waals surface area contributed by atoms with Crippen LogP contribution in [0.15, 0.2) is 0 Å². The van der Waals surface area contributed by atoms with Crippen molar-refractivity contribution in [3.63, 3.8) is 0 Å². The summed E-state index contributed by atoms with van der Waals surface area (Å²) in [5, 5.41) is 0. The summed E-state index contributed by atoms with van der Waals surface area (Å²) in [5.74, 6) is 1.42. The fraction of sp³-hybridized carbons (Fsp3) is 0.917. The second-order valence-electron chi connectivity index (χ2n) is 5.04. The van der Waals surface area contributed by atoms with E-state index < -0.39 is 0 Å². The van der Waals surface area contributed by atoms with Gasteiger partial charge in [0.15, 0.2) is 0 Å². The third-order valence-corrected chi connectivity index (χ3v) is 3.71. The van der Waals surface area contributed by atoms with E-state index in [9.17, 15) is 4.79 Å². The summed E-state index contributed by atoms with van der Waals surface area (Å²) in [6.45, 7) is 4.65. The fourth-order valence-corrected chi connectivity index (χ4v) is 2.13. The number of hydrogen-bond donors (Lipinski definition) is 0. The van der Waals surface area contributed by atoms with Gasteiger partial charge in [-0.2, -0.15) is 0 Å². The average Bonchev–Trinajstić information content (AvgIpc) is 2.16. The first kappa shape index (κ1) is 10.8. The number of piperidine rings is 1. The standard InChI is InChI=1S/C12H21NO2/c1-10-5-7-13(8-6-10)12(14)15-9-11-3-2-4-11/h10-11H,2-9H2,1H3. The molecule has 0 aromatic rings. The highest BCUT2D eigenvalue weighted by Crippen LogP contribution is 2.26. The highest BCUT2D eigenvalue weighted by Gasteiger charge is 2.24. The Kier molecular flexibility index (Phi) is 3.49. The lowest BCUT2D eigenvalue weighted by atomic mass is 9.86. The van der Waals surface area contributed by atoms with Gasteiger partial charge in [0.25, 0.3) is 0 Å². The van der Waals surface area contributed by atoms with Crippen LogP contribution >= 0.6 is 0 Å². The van der Waals surface area contributed by atoms with Crippen LogP contribution in [0.2, 0.25) is 0 Å². The van der Waals surface area contributed by atoms with Crippen LogP contribution in [0.3, 0.4) is 0 Å². The van der Waals surface area contributed by atoms with Crippen molar-refractivity contribution in [3.05, 3.63) is 0 Å². The average molecular weight is 211 g/mol. The molecule has 3 nitrogen and oxygen atoms in total. The minimum absolute atomic E-state index is 0.0891. The lowest BCUT2D eigenvalue weighted by Gasteiger charge is -2.31. The van der Waals surface area contributed by atoms with Crippen LogP contribution in [-0.4, -0.2) is 30.7 Å². The smallest absolute Gasteiger partial charge is 0.409 e. The Morgan fingerprint density at radius 2 is 1.93 bits per heavy atom. The molecule has 15 heavy (non-hydrogen) atoms. The Morgan fingerprint density at radius 1 is 1.27 bits per heavy atom. The zero-order chi connectivity index (χ0) is 10.7. The zero-order valence-corrected chi connectivity index (χ0v) is 9.58. The number of rotatable bonds is 2. The van der Waals surface area contributed by atoms with E-state index in [1.165, 1.54) is 19.3 Å². The van der Waals surface area contributed by atoms with E-state index in [4.69, 9.17) is 4.74 Å². The van der Waals surface area contributed by atoms with Crippen molar-refractivity contribution >= 4 is 6.09 Å². The molecular formula is C12H21NO2. The van der Waals surface area contributed by atoms with Crippen molar-refractivity contribution in [2.24, 2.45) is 11.8 Å². The molecule has 0 aromatic heterocycles. The van der Waals surface area contributed by atoms with E-state index >= 15 is 0 Å². The second kappa shape index (κ2) is 4.86. The molecular weight excluding hydrogens is 190 g/mol. The summed E-state index contributed by atoms with van der Waals surface area (Å²) < 4.78 is 5.31. The molecule has 86 valence electrons. The predicted octanol–water partition coefficient (Wildman–Crippen LogP) is 2.66. The Labute approximate surface area is 91.8 Å². The monoisotopic (exact) mass is 211 g/mol. The Balaban J connectivity index is 1.66. The first-order valence-electron chi connectivity index (χ1n) is 6.17. The van der Waals surface area contributed by atoms with E-state index in [2.05, 4.69) is 6.92 Å². The summed E-state index contributed by atoms with van der Waals surface area (Å²) >= 11 is 0. The second-order valence-corrected chi connectivity index (χ2v) is 5.04. The molecule has 1 amide bonds. The summed E-state index contributed by atoms with van der Waals surface area (Å²) in [4.78, 5) is 13.5. The van der Waals surface area contributed by atoms with E-state index in [-0.39, 0.29) is 6.09 Å². The van der Waals surface area contributed by atoms with Crippen molar-refractivity contribution in [3.8, 4) is 0 Å². The molecule has 0 N–H and O–H groups in total. The van der Waals surface area contributed by atoms with Crippen LogP contribution in [0.25, 0.3) is 0 Å². The highest BCUT2D eigenvalue weighted by molar-refractivity contribution is 5.67. The van der Waals surface area contributed by atoms with Gasteiger partial charge in [-0.05, 0) is 37.5 Å². The third kappa shape index (κ3) is 2.86. The molecule has 0 spiro atoms. The summed E-state index contributed by atoms with van der Waals surface area (Å²) in [6, 6.07) is 0. The molecule has 0 unspecified atom stereocenters. The lowest BCUT2D eigenvalue weighted by Crippen LogP contribution is -2.39. The van der Waals surface area contributed by atoms with E-state index in [0.717, 1.165) is 31.8 Å². The maximum atomic E-state index is 11.7. The first-order valence-corrected chi connectivity index (χ1v) is 6.17. The number of likely N-dealkylation sites (tertiary alicyclic amines) is 1. The molecule has 0 aromatic carbocycles. The highest BCUT2D eigenvalue weighted by atomic mass is 16.6. The van der Waals surface area contributed by atoms with Gasteiger partial charge in [0.1, 0.15) is 0 Å². The summed E-state index contributed by atoms with van der Waals surface area (Å²) in [7, 11) is 0. The predicted molar refractivity (Wildman–Crippen MR) is 58.7 cm³/mol. The van der Waals surface area contributed by atoms with E-state index in [0.29, 0.717) is 12.5 Å². The topological polar surface area (TPSA) is 29.5 Å². The number of amides is 1. The van der Waals surface area contributed by atoms with Gasteiger partial charge in [-0.1, -0.05) is 13.3 Å². The van der Waals surface area contributed by atoms with E-state index in [1.54, 1.807) is 0 Å². The minimum Gasteiger partial charge on any atom is -0.449 e. The van der Waals surface area contributed by atoms with Crippen molar-refractivity contribution < 1.29 is 9.53 Å². The van der Waals surface area contributed by atoms with Crippen LogP contribution < -0.4 is 0 Å². The molecule has 3 heteroatoms. The number of nitrogens with zero attached hydrogens (tertiary/aromatic N) is 1.